The normalized spacial score (nSPS) is 10.8. The van der Waals surface area contributed by atoms with Crippen LogP contribution in [-0.2, 0) is 22.4 Å². The summed E-state index contributed by atoms with van der Waals surface area (Å²) in [5.41, 5.74) is 2.75. The summed E-state index contributed by atoms with van der Waals surface area (Å²) in [5.74, 6) is -0.0367. The summed E-state index contributed by atoms with van der Waals surface area (Å²) < 4.78 is 5.32. The number of rotatable bonds is 14. The first-order valence-corrected chi connectivity index (χ1v) is 10.7. The smallest absolute Gasteiger partial charge is 0.305 e. The predicted octanol–water partition coefficient (Wildman–Crippen LogP) is 6.24. The zero-order valence-electron chi connectivity index (χ0n) is 15.2. The van der Waals surface area contributed by atoms with Crippen LogP contribution < -0.4 is 0 Å². The summed E-state index contributed by atoms with van der Waals surface area (Å²) in [7, 11) is 0. The number of hydrogen-bond acceptors (Lipinski definition) is 2. The van der Waals surface area contributed by atoms with Crippen molar-refractivity contribution in [2.24, 2.45) is 0 Å². The monoisotopic (exact) mass is 396 g/mol. The second-order valence-electron chi connectivity index (χ2n) is 6.45. The molecule has 0 aliphatic heterocycles. The third kappa shape index (κ3) is 10.9. The molecule has 0 aliphatic rings. The van der Waals surface area contributed by atoms with Crippen LogP contribution in [0.3, 0.4) is 0 Å². The number of halogens is 1. The van der Waals surface area contributed by atoms with Gasteiger partial charge in [-0.15, -0.1) is 0 Å². The average molecular weight is 397 g/mol. The van der Waals surface area contributed by atoms with E-state index in [0.717, 1.165) is 31.0 Å². The third-order valence-electron chi connectivity index (χ3n) is 4.23. The molecule has 0 amide bonds. The maximum Gasteiger partial charge on any atom is 0.305 e. The van der Waals surface area contributed by atoms with E-state index < -0.39 is 0 Å². The molecule has 3 heteroatoms. The summed E-state index contributed by atoms with van der Waals surface area (Å²) >= 11 is 3.43. The average Bonchev–Trinajstić information content (AvgIpc) is 2.61. The molecule has 136 valence electrons. The summed E-state index contributed by atoms with van der Waals surface area (Å²) in [6, 6.07) is 8.87. The lowest BCUT2D eigenvalue weighted by Gasteiger charge is -2.06. The Balaban J connectivity index is 2.03. The highest BCUT2D eigenvalue weighted by molar-refractivity contribution is 9.09. The second kappa shape index (κ2) is 14.5. The van der Waals surface area contributed by atoms with Crippen molar-refractivity contribution < 1.29 is 9.53 Å². The van der Waals surface area contributed by atoms with Crippen molar-refractivity contribution in [3.05, 3.63) is 35.4 Å². The van der Waals surface area contributed by atoms with Crippen molar-refractivity contribution >= 4 is 21.9 Å². The minimum atomic E-state index is -0.0367. The lowest BCUT2D eigenvalue weighted by molar-refractivity contribution is -0.143. The molecule has 0 aromatic heterocycles. The van der Waals surface area contributed by atoms with E-state index in [4.69, 9.17) is 4.74 Å². The van der Waals surface area contributed by atoms with Gasteiger partial charge in [0.1, 0.15) is 0 Å². The number of ether oxygens (including phenoxy) is 1. The fraction of sp³-hybridized carbons (Fsp3) is 0.667. The van der Waals surface area contributed by atoms with Gasteiger partial charge in [0.15, 0.2) is 0 Å². The molecule has 0 radical (unpaired) electrons. The highest BCUT2D eigenvalue weighted by atomic mass is 79.9. The van der Waals surface area contributed by atoms with Gasteiger partial charge in [0, 0.05) is 11.8 Å². The second-order valence-corrected chi connectivity index (χ2v) is 7.24. The number of carbonyl (C=O) groups is 1. The van der Waals surface area contributed by atoms with Crippen molar-refractivity contribution in [3.8, 4) is 0 Å². The molecule has 1 rings (SSSR count). The molecule has 0 bridgehead atoms. The summed E-state index contributed by atoms with van der Waals surface area (Å²) in [5, 5.41) is 1.08. The lowest BCUT2D eigenvalue weighted by Crippen LogP contribution is -2.06. The topological polar surface area (TPSA) is 26.3 Å². The highest BCUT2D eigenvalue weighted by Crippen LogP contribution is 2.10. The van der Waals surface area contributed by atoms with Gasteiger partial charge in [-0.05, 0) is 49.7 Å². The van der Waals surface area contributed by atoms with Gasteiger partial charge in [-0.2, -0.15) is 0 Å². The molecule has 0 unspecified atom stereocenters. The van der Waals surface area contributed by atoms with E-state index in [9.17, 15) is 4.79 Å². The van der Waals surface area contributed by atoms with Crippen LogP contribution in [0.15, 0.2) is 24.3 Å². The Morgan fingerprint density at radius 1 is 0.875 bits per heavy atom. The number of aryl methyl sites for hydroxylation is 2. The number of benzene rings is 1. The fourth-order valence-electron chi connectivity index (χ4n) is 2.68. The molecule has 0 heterocycles. The van der Waals surface area contributed by atoms with Crippen LogP contribution in [0.4, 0.5) is 0 Å². The van der Waals surface area contributed by atoms with Crippen molar-refractivity contribution in [1.82, 2.24) is 0 Å². The number of esters is 1. The third-order valence-corrected chi connectivity index (χ3v) is 4.79. The van der Waals surface area contributed by atoms with E-state index in [2.05, 4.69) is 47.1 Å². The van der Waals surface area contributed by atoms with E-state index in [1.54, 1.807) is 0 Å². The SMILES string of the molecule is CCCCc1ccc(CCCOC(=O)CCCCCCCBr)cc1. The molecule has 0 atom stereocenters. The Hall–Kier alpha value is -0.830. The first-order valence-electron chi connectivity index (χ1n) is 9.55. The Kier molecular flexibility index (Phi) is 12.8. The summed E-state index contributed by atoms with van der Waals surface area (Å²) in [6.07, 6.45) is 11.9. The van der Waals surface area contributed by atoms with Gasteiger partial charge in [0.25, 0.3) is 0 Å². The van der Waals surface area contributed by atoms with E-state index in [1.165, 1.54) is 49.7 Å². The molecule has 0 fully saturated rings. The molecule has 24 heavy (non-hydrogen) atoms. The fourth-order valence-corrected chi connectivity index (χ4v) is 3.08. The minimum Gasteiger partial charge on any atom is -0.466 e. The zero-order valence-corrected chi connectivity index (χ0v) is 16.8. The molecule has 0 saturated heterocycles. The lowest BCUT2D eigenvalue weighted by atomic mass is 10.0. The summed E-state index contributed by atoms with van der Waals surface area (Å²) in [4.78, 5) is 11.7. The van der Waals surface area contributed by atoms with Crippen molar-refractivity contribution in [3.63, 3.8) is 0 Å². The largest absolute Gasteiger partial charge is 0.466 e. The van der Waals surface area contributed by atoms with Crippen LogP contribution in [0.1, 0.15) is 75.8 Å². The van der Waals surface area contributed by atoms with Crippen molar-refractivity contribution in [1.29, 1.82) is 0 Å². The molecule has 2 nitrogen and oxygen atoms in total. The molecular weight excluding hydrogens is 364 g/mol. The van der Waals surface area contributed by atoms with Gasteiger partial charge in [-0.1, -0.05) is 72.8 Å². The number of hydrogen-bond donors (Lipinski definition) is 0. The maximum atomic E-state index is 11.7. The Morgan fingerprint density at radius 2 is 1.46 bits per heavy atom. The molecule has 1 aromatic rings. The van der Waals surface area contributed by atoms with Crippen LogP contribution >= 0.6 is 15.9 Å². The van der Waals surface area contributed by atoms with Gasteiger partial charge in [0.05, 0.1) is 6.61 Å². The van der Waals surface area contributed by atoms with E-state index in [0.29, 0.717) is 13.0 Å². The van der Waals surface area contributed by atoms with Gasteiger partial charge < -0.3 is 4.74 Å². The minimum absolute atomic E-state index is 0.0367. The van der Waals surface area contributed by atoms with Gasteiger partial charge >= 0.3 is 5.97 Å². The van der Waals surface area contributed by atoms with Crippen molar-refractivity contribution in [2.45, 2.75) is 77.6 Å². The van der Waals surface area contributed by atoms with Gasteiger partial charge in [-0.25, -0.2) is 0 Å². The maximum absolute atomic E-state index is 11.7. The summed E-state index contributed by atoms with van der Waals surface area (Å²) in [6.45, 7) is 2.76. The van der Waals surface area contributed by atoms with E-state index in [1.807, 2.05) is 0 Å². The Labute approximate surface area is 156 Å². The molecular formula is C21H33BrO2. The molecule has 0 N–H and O–H groups in total. The Bertz CT molecular complexity index is 428. The van der Waals surface area contributed by atoms with Crippen molar-refractivity contribution in [2.75, 3.05) is 11.9 Å². The number of unbranched alkanes of at least 4 members (excludes halogenated alkanes) is 5. The zero-order chi connectivity index (χ0) is 17.5. The molecule has 0 aliphatic carbocycles. The predicted molar refractivity (Wildman–Crippen MR) is 106 cm³/mol. The van der Waals surface area contributed by atoms with Crippen LogP contribution in [0.2, 0.25) is 0 Å². The quantitative estimate of drug-likeness (QED) is 0.211. The first-order chi connectivity index (χ1) is 11.8. The molecule has 0 saturated carbocycles. The van der Waals surface area contributed by atoms with E-state index >= 15 is 0 Å². The standard InChI is InChI=1S/C21H33BrO2/c1-2-3-10-19-13-15-20(16-14-19)11-9-18-24-21(23)12-7-5-4-6-8-17-22/h13-16H,2-12,17-18H2,1H3. The first kappa shape index (κ1) is 21.2. The van der Waals surface area contributed by atoms with E-state index in [-0.39, 0.29) is 5.97 Å². The van der Waals surface area contributed by atoms with Crippen LogP contribution in [0.5, 0.6) is 0 Å². The van der Waals surface area contributed by atoms with Crippen LogP contribution in [-0.4, -0.2) is 17.9 Å². The van der Waals surface area contributed by atoms with Gasteiger partial charge in [-0.3, -0.25) is 4.79 Å². The highest BCUT2D eigenvalue weighted by Gasteiger charge is 2.03. The van der Waals surface area contributed by atoms with Crippen LogP contribution in [0, 0.1) is 0 Å². The van der Waals surface area contributed by atoms with Crippen LogP contribution in [0.25, 0.3) is 0 Å². The number of carbonyl (C=O) groups excluding carboxylic acids is 1. The molecule has 0 spiro atoms. The Morgan fingerprint density at radius 3 is 2.08 bits per heavy atom. The number of alkyl halides is 1. The molecule has 1 aromatic carbocycles. The van der Waals surface area contributed by atoms with Gasteiger partial charge in [0.2, 0.25) is 0 Å².